The van der Waals surface area contributed by atoms with Gasteiger partial charge in [-0.25, -0.2) is 23.4 Å². The second-order valence-electron chi connectivity index (χ2n) is 9.36. The van der Waals surface area contributed by atoms with Crippen LogP contribution in [0, 0.1) is 5.41 Å². The van der Waals surface area contributed by atoms with E-state index in [1.54, 1.807) is 20.1 Å². The lowest BCUT2D eigenvalue weighted by molar-refractivity contribution is -0.174. The summed E-state index contributed by atoms with van der Waals surface area (Å²) in [5.74, 6) is 1.22. The number of ether oxygens (including phenoxy) is 3. The topological polar surface area (TPSA) is 131 Å². The fraction of sp³-hybridized carbons (Fsp3) is 0.522. The number of nitrogens with zero attached hydrogens (tertiary/aromatic N) is 6. The van der Waals surface area contributed by atoms with Crippen LogP contribution in [-0.4, -0.2) is 70.8 Å². The minimum absolute atomic E-state index is 0.0465. The fourth-order valence-electron chi connectivity index (χ4n) is 4.86. The van der Waals surface area contributed by atoms with E-state index in [1.807, 2.05) is 16.7 Å². The van der Waals surface area contributed by atoms with Crippen molar-refractivity contribution < 1.29 is 22.6 Å². The maximum absolute atomic E-state index is 13.6. The molecule has 0 N–H and O–H groups in total. The number of rotatable bonds is 9. The van der Waals surface area contributed by atoms with Crippen LogP contribution in [0.1, 0.15) is 43.6 Å². The highest BCUT2D eigenvalue weighted by atomic mass is 35.5. The maximum atomic E-state index is 13.6. The van der Waals surface area contributed by atoms with Gasteiger partial charge in [0.1, 0.15) is 23.4 Å². The third-order valence-electron chi connectivity index (χ3n) is 6.92. The first-order chi connectivity index (χ1) is 17.2. The van der Waals surface area contributed by atoms with Crippen LogP contribution in [0.3, 0.4) is 0 Å². The largest absolute Gasteiger partial charge is 0.481 e. The van der Waals surface area contributed by atoms with Gasteiger partial charge in [0, 0.05) is 37.0 Å². The molecule has 0 amide bonds. The molecule has 3 aromatic heterocycles. The quantitative estimate of drug-likeness (QED) is 0.403. The summed E-state index contributed by atoms with van der Waals surface area (Å²) in [6.07, 6.45) is 3.68. The second kappa shape index (κ2) is 9.66. The molecule has 2 atom stereocenters. The van der Waals surface area contributed by atoms with Gasteiger partial charge in [-0.15, -0.1) is 10.2 Å². The number of methoxy groups -OCH3 is 2. The lowest BCUT2D eigenvalue weighted by Gasteiger charge is -2.53. The number of aromatic nitrogens is 6. The molecule has 2 fully saturated rings. The highest BCUT2D eigenvalue weighted by molar-refractivity contribution is 7.91. The molecule has 11 nitrogen and oxygen atoms in total. The Morgan fingerprint density at radius 2 is 1.92 bits per heavy atom. The molecule has 0 aromatic carbocycles. The fourth-order valence-corrected chi connectivity index (χ4v) is 6.38. The van der Waals surface area contributed by atoms with Gasteiger partial charge in [0.25, 0.3) is 0 Å². The Bertz CT molecular complexity index is 1340. The molecule has 1 saturated heterocycles. The Labute approximate surface area is 214 Å². The molecule has 0 radical (unpaired) electrons. The average Bonchev–Trinajstić information content (AvgIpc) is 3.21. The Hall–Kier alpha value is -2.67. The van der Waals surface area contributed by atoms with Crippen LogP contribution in [0.5, 0.6) is 5.88 Å². The molecule has 2 aliphatic rings. The highest BCUT2D eigenvalue weighted by Gasteiger charge is 2.51. The van der Waals surface area contributed by atoms with Crippen LogP contribution in [0.15, 0.2) is 30.6 Å². The second-order valence-corrected chi connectivity index (χ2v) is 12.2. The third kappa shape index (κ3) is 4.58. The summed E-state index contributed by atoms with van der Waals surface area (Å²) in [4.78, 5) is 12.8. The summed E-state index contributed by atoms with van der Waals surface area (Å²) >= 11 is 5.89. The molecule has 5 rings (SSSR count). The first kappa shape index (κ1) is 25.0. The van der Waals surface area contributed by atoms with Gasteiger partial charge in [-0.3, -0.25) is 0 Å². The van der Waals surface area contributed by atoms with E-state index in [-0.39, 0.29) is 23.0 Å². The summed E-state index contributed by atoms with van der Waals surface area (Å²) in [7, 11) is -0.787. The van der Waals surface area contributed by atoms with E-state index in [1.165, 1.54) is 19.5 Å². The number of sulfone groups is 1. The molecule has 1 spiro atoms. The Balaban J connectivity index is 1.46. The predicted molar refractivity (Wildman–Crippen MR) is 130 cm³/mol. The summed E-state index contributed by atoms with van der Waals surface area (Å²) in [5.41, 5.74) is 0.721. The molecule has 4 heterocycles. The van der Waals surface area contributed by atoms with Crippen molar-refractivity contribution in [2.24, 2.45) is 5.41 Å². The molecular weight excluding hydrogens is 508 g/mol. The van der Waals surface area contributed by atoms with Gasteiger partial charge in [0.05, 0.1) is 30.6 Å². The van der Waals surface area contributed by atoms with Gasteiger partial charge in [-0.2, -0.15) is 0 Å². The van der Waals surface area contributed by atoms with E-state index in [4.69, 9.17) is 25.8 Å². The van der Waals surface area contributed by atoms with Crippen molar-refractivity contribution in [2.45, 2.75) is 42.9 Å². The minimum Gasteiger partial charge on any atom is -0.481 e. The van der Waals surface area contributed by atoms with Crippen LogP contribution >= 0.6 is 11.6 Å². The Morgan fingerprint density at radius 3 is 2.53 bits per heavy atom. The standard InChI is InChI=1S/C23H27ClN6O5S/c1-14(20(34-3)21-25-9-15(24)10-26-21)36(31,32)11-18-28-29-22(17-5-4-6-19(27-17)33-2)30(18)16-7-23(8-16)12-35-13-23/h4-6,9-10,14,16,20H,7-8,11-13H2,1-3H3/t14-,20-/m0/s1. The molecular formula is C23H27ClN6O5S. The van der Waals surface area contributed by atoms with Crippen molar-refractivity contribution in [1.29, 1.82) is 0 Å². The molecule has 192 valence electrons. The van der Waals surface area contributed by atoms with E-state index >= 15 is 0 Å². The van der Waals surface area contributed by atoms with Crippen molar-refractivity contribution in [3.05, 3.63) is 47.3 Å². The van der Waals surface area contributed by atoms with Crippen molar-refractivity contribution >= 4 is 21.4 Å². The monoisotopic (exact) mass is 534 g/mol. The van der Waals surface area contributed by atoms with Gasteiger partial charge in [-0.1, -0.05) is 17.7 Å². The molecule has 1 aliphatic carbocycles. The first-order valence-corrected chi connectivity index (χ1v) is 13.6. The number of pyridine rings is 1. The average molecular weight is 535 g/mol. The third-order valence-corrected chi connectivity index (χ3v) is 9.15. The SMILES string of the molecule is COc1cccc(-c2nnc(CS(=O)(=O)[C@@H](C)[C@H](OC)c3ncc(Cl)cn3)n2C2CC3(COC3)C2)n1. The predicted octanol–water partition coefficient (Wildman–Crippen LogP) is 2.83. The van der Waals surface area contributed by atoms with Crippen molar-refractivity contribution in [3.8, 4) is 17.4 Å². The minimum atomic E-state index is -3.76. The van der Waals surface area contributed by atoms with Crippen molar-refractivity contribution in [2.75, 3.05) is 27.4 Å². The summed E-state index contributed by atoms with van der Waals surface area (Å²) < 4.78 is 45.2. The van der Waals surface area contributed by atoms with Crippen molar-refractivity contribution in [1.82, 2.24) is 29.7 Å². The molecule has 3 aromatic rings. The lowest BCUT2D eigenvalue weighted by Crippen LogP contribution is -2.52. The van der Waals surface area contributed by atoms with Gasteiger partial charge in [-0.05, 0) is 25.8 Å². The number of halogens is 1. The molecule has 1 aliphatic heterocycles. The molecule has 0 unspecified atom stereocenters. The van der Waals surface area contributed by atoms with Crippen LogP contribution in [0.4, 0.5) is 0 Å². The van der Waals surface area contributed by atoms with E-state index in [9.17, 15) is 8.42 Å². The van der Waals surface area contributed by atoms with E-state index < -0.39 is 21.2 Å². The van der Waals surface area contributed by atoms with Gasteiger partial charge >= 0.3 is 0 Å². The molecule has 13 heteroatoms. The zero-order chi connectivity index (χ0) is 25.5. The molecule has 1 saturated carbocycles. The zero-order valence-electron chi connectivity index (χ0n) is 20.2. The molecule has 36 heavy (non-hydrogen) atoms. The van der Waals surface area contributed by atoms with Crippen LogP contribution < -0.4 is 4.74 Å². The summed E-state index contributed by atoms with van der Waals surface area (Å²) in [6, 6.07) is 5.41. The van der Waals surface area contributed by atoms with E-state index in [0.717, 1.165) is 26.1 Å². The normalized spacial score (nSPS) is 18.9. The van der Waals surface area contributed by atoms with Crippen LogP contribution in [0.2, 0.25) is 5.02 Å². The van der Waals surface area contributed by atoms with E-state index in [2.05, 4.69) is 25.1 Å². The summed E-state index contributed by atoms with van der Waals surface area (Å²) in [6.45, 7) is 3.02. The Kier molecular flexibility index (Phi) is 6.70. The maximum Gasteiger partial charge on any atom is 0.213 e. The van der Waals surface area contributed by atoms with Crippen LogP contribution in [-0.2, 0) is 25.1 Å². The number of hydrogen-bond acceptors (Lipinski definition) is 10. The smallest absolute Gasteiger partial charge is 0.213 e. The van der Waals surface area contributed by atoms with Gasteiger partial charge in [0.15, 0.2) is 21.5 Å². The zero-order valence-corrected chi connectivity index (χ0v) is 21.7. The van der Waals surface area contributed by atoms with Gasteiger partial charge < -0.3 is 18.8 Å². The Morgan fingerprint density at radius 1 is 1.19 bits per heavy atom. The summed E-state index contributed by atoms with van der Waals surface area (Å²) in [5, 5.41) is 8.08. The van der Waals surface area contributed by atoms with E-state index in [0.29, 0.717) is 28.2 Å². The van der Waals surface area contributed by atoms with Gasteiger partial charge in [0.2, 0.25) is 5.88 Å². The molecule has 0 bridgehead atoms. The highest BCUT2D eigenvalue weighted by Crippen LogP contribution is 2.54. The van der Waals surface area contributed by atoms with Crippen LogP contribution in [0.25, 0.3) is 11.5 Å². The number of hydrogen-bond donors (Lipinski definition) is 0. The van der Waals surface area contributed by atoms with Crippen molar-refractivity contribution in [3.63, 3.8) is 0 Å². The lowest BCUT2D eigenvalue weighted by atomic mass is 9.64. The first-order valence-electron chi connectivity index (χ1n) is 11.5.